The summed E-state index contributed by atoms with van der Waals surface area (Å²) in [6.45, 7) is 14.4. The van der Waals surface area contributed by atoms with Gasteiger partial charge in [0.05, 0.1) is 11.0 Å². The molecule has 38 heavy (non-hydrogen) atoms. The molecular weight excluding hydrogens is 488 g/mol. The van der Waals surface area contributed by atoms with Crippen molar-refractivity contribution in [1.82, 2.24) is 0 Å². The molecule has 3 nitrogen and oxygen atoms in total. The maximum Gasteiger partial charge on any atom is 0.297 e. The third-order valence-electron chi connectivity index (χ3n) is 11.8. The molecule has 0 heterocycles. The highest BCUT2D eigenvalue weighted by atomic mass is 32.2. The summed E-state index contributed by atoms with van der Waals surface area (Å²) in [7, 11) is -3.73. The van der Waals surface area contributed by atoms with Crippen LogP contribution in [0.5, 0.6) is 0 Å². The van der Waals surface area contributed by atoms with Crippen molar-refractivity contribution in [2.24, 2.45) is 46.3 Å². The second-order valence-corrected chi connectivity index (χ2v) is 16.1. The zero-order valence-electron chi connectivity index (χ0n) is 24.8. The van der Waals surface area contributed by atoms with E-state index in [0.717, 1.165) is 60.3 Å². The molecule has 0 spiro atoms. The molecule has 0 aliphatic heterocycles. The molecule has 3 fully saturated rings. The molecular formula is C34H52O3S. The lowest BCUT2D eigenvalue weighted by atomic mass is 9.47. The van der Waals surface area contributed by atoms with Gasteiger partial charge in [0.1, 0.15) is 0 Å². The molecule has 1 aromatic rings. The number of benzene rings is 1. The van der Waals surface area contributed by atoms with Crippen LogP contribution in [-0.4, -0.2) is 14.5 Å². The van der Waals surface area contributed by atoms with Crippen molar-refractivity contribution in [2.75, 3.05) is 0 Å². The summed E-state index contributed by atoms with van der Waals surface area (Å²) in [5.41, 5.74) is 3.24. The van der Waals surface area contributed by atoms with Gasteiger partial charge in [-0.15, -0.1) is 0 Å². The van der Waals surface area contributed by atoms with Crippen molar-refractivity contribution in [2.45, 2.75) is 123 Å². The van der Waals surface area contributed by atoms with Gasteiger partial charge in [-0.2, -0.15) is 8.42 Å². The third kappa shape index (κ3) is 5.18. The molecule has 0 saturated heterocycles. The predicted molar refractivity (Wildman–Crippen MR) is 156 cm³/mol. The monoisotopic (exact) mass is 540 g/mol. The van der Waals surface area contributed by atoms with Crippen molar-refractivity contribution in [3.05, 3.63) is 41.5 Å². The number of allylic oxidation sites excluding steroid dienone is 1. The standard InChI is InChI=1S/C34H52O3S/c1-23(2)8-7-9-25(4)30-16-17-31-29-15-12-26-22-27(37-38(35,36)28-13-10-24(3)11-14-28)18-20-33(26,5)32(29)19-21-34(30,31)6/h10-14,23,25,27,29-32H,7-9,15-22H2,1-6H3/t25-,27-,29+,30-,31+,32+,33-,34+/m0/s1. The SMILES string of the molecule is Cc1ccc(S(=O)(=O)O[C@H]2CC[C@@]3(C)C(=CC[C@@H]4[C@H]5CC[C@@H]([C@@H](C)CCCC(C)C)[C@@]5(C)CC[C@H]43)C2)cc1. The fourth-order valence-corrected chi connectivity index (χ4v) is 10.8. The molecule has 0 aromatic heterocycles. The highest BCUT2D eigenvalue weighted by Crippen LogP contribution is 2.67. The Balaban J connectivity index is 1.27. The van der Waals surface area contributed by atoms with E-state index in [-0.39, 0.29) is 16.4 Å². The summed E-state index contributed by atoms with van der Waals surface area (Å²) in [4.78, 5) is 0.273. The topological polar surface area (TPSA) is 43.4 Å². The number of hydrogen-bond donors (Lipinski definition) is 0. The summed E-state index contributed by atoms with van der Waals surface area (Å²) in [6.07, 6.45) is 15.8. The maximum atomic E-state index is 13.0. The van der Waals surface area contributed by atoms with Crippen LogP contribution in [0.15, 0.2) is 40.8 Å². The zero-order valence-corrected chi connectivity index (χ0v) is 25.7. The maximum absolute atomic E-state index is 13.0. The quantitative estimate of drug-likeness (QED) is 0.244. The number of hydrogen-bond acceptors (Lipinski definition) is 3. The van der Waals surface area contributed by atoms with Gasteiger partial charge in [0.2, 0.25) is 0 Å². The number of aryl methyl sites for hydroxylation is 1. The van der Waals surface area contributed by atoms with Crippen LogP contribution >= 0.6 is 0 Å². The fraction of sp³-hybridized carbons (Fsp3) is 0.765. The Hall–Kier alpha value is -1.13. The van der Waals surface area contributed by atoms with Gasteiger partial charge in [0.25, 0.3) is 10.1 Å². The van der Waals surface area contributed by atoms with Gasteiger partial charge in [-0.25, -0.2) is 0 Å². The summed E-state index contributed by atoms with van der Waals surface area (Å²) in [5.74, 6) is 4.93. The summed E-state index contributed by atoms with van der Waals surface area (Å²) < 4.78 is 31.8. The lowest BCUT2D eigenvalue weighted by molar-refractivity contribution is -0.0556. The first-order chi connectivity index (χ1) is 17.9. The normalized spacial score (nSPS) is 37.8. The second kappa shape index (κ2) is 10.7. The highest BCUT2D eigenvalue weighted by Gasteiger charge is 2.59. The molecule has 5 rings (SSSR count). The van der Waals surface area contributed by atoms with E-state index >= 15 is 0 Å². The minimum Gasteiger partial charge on any atom is -0.263 e. The Kier molecular flexibility index (Phi) is 7.99. The third-order valence-corrected chi connectivity index (χ3v) is 13.2. The highest BCUT2D eigenvalue weighted by molar-refractivity contribution is 7.86. The van der Waals surface area contributed by atoms with Crippen LogP contribution in [0.1, 0.15) is 111 Å². The summed E-state index contributed by atoms with van der Waals surface area (Å²) in [5, 5.41) is 0. The van der Waals surface area contributed by atoms with E-state index in [1.54, 1.807) is 12.1 Å². The first kappa shape index (κ1) is 28.4. The first-order valence-electron chi connectivity index (χ1n) is 15.6. The number of rotatable bonds is 8. The fourth-order valence-electron chi connectivity index (χ4n) is 9.67. The summed E-state index contributed by atoms with van der Waals surface area (Å²) >= 11 is 0. The smallest absolute Gasteiger partial charge is 0.263 e. The van der Waals surface area contributed by atoms with Gasteiger partial charge >= 0.3 is 0 Å². The van der Waals surface area contributed by atoms with Crippen molar-refractivity contribution >= 4 is 10.1 Å². The molecule has 3 saturated carbocycles. The van der Waals surface area contributed by atoms with E-state index in [2.05, 4.69) is 40.7 Å². The largest absolute Gasteiger partial charge is 0.297 e. The van der Waals surface area contributed by atoms with Crippen LogP contribution in [-0.2, 0) is 14.3 Å². The molecule has 0 amide bonds. The molecule has 4 aliphatic rings. The average molecular weight is 541 g/mol. The minimum absolute atomic E-state index is 0.207. The van der Waals surface area contributed by atoms with Crippen LogP contribution in [0.4, 0.5) is 0 Å². The molecule has 0 unspecified atom stereocenters. The Morgan fingerprint density at radius 1 is 0.947 bits per heavy atom. The van der Waals surface area contributed by atoms with Gasteiger partial charge in [0.15, 0.2) is 0 Å². The zero-order chi connectivity index (χ0) is 27.3. The van der Waals surface area contributed by atoms with Crippen LogP contribution in [0, 0.1) is 53.3 Å². The Morgan fingerprint density at radius 2 is 1.68 bits per heavy atom. The lowest BCUT2D eigenvalue weighted by Crippen LogP contribution is -2.51. The molecule has 4 aliphatic carbocycles. The molecule has 4 heteroatoms. The van der Waals surface area contributed by atoms with Crippen molar-refractivity contribution in [1.29, 1.82) is 0 Å². The van der Waals surface area contributed by atoms with E-state index in [0.29, 0.717) is 5.41 Å². The summed E-state index contributed by atoms with van der Waals surface area (Å²) in [6, 6.07) is 7.02. The molecule has 0 N–H and O–H groups in total. The second-order valence-electron chi connectivity index (χ2n) is 14.5. The Labute approximate surface area is 233 Å². The number of fused-ring (bicyclic) bond motifs is 5. The van der Waals surface area contributed by atoms with Gasteiger partial charge < -0.3 is 0 Å². The Bertz CT molecular complexity index is 1120. The molecule has 0 bridgehead atoms. The van der Waals surface area contributed by atoms with E-state index < -0.39 is 10.1 Å². The Morgan fingerprint density at radius 3 is 2.39 bits per heavy atom. The first-order valence-corrected chi connectivity index (χ1v) is 17.0. The molecule has 212 valence electrons. The van der Waals surface area contributed by atoms with Gasteiger partial charge in [0, 0.05) is 0 Å². The minimum atomic E-state index is -3.73. The molecule has 1 aromatic carbocycles. The van der Waals surface area contributed by atoms with E-state index in [1.807, 2.05) is 19.1 Å². The molecule has 8 atom stereocenters. The van der Waals surface area contributed by atoms with Crippen molar-refractivity contribution in [3.8, 4) is 0 Å². The van der Waals surface area contributed by atoms with Crippen LogP contribution in [0.3, 0.4) is 0 Å². The molecule has 0 radical (unpaired) electrons. The van der Waals surface area contributed by atoms with Crippen molar-refractivity contribution < 1.29 is 12.6 Å². The van der Waals surface area contributed by atoms with Crippen molar-refractivity contribution in [3.63, 3.8) is 0 Å². The van der Waals surface area contributed by atoms with E-state index in [4.69, 9.17) is 4.18 Å². The predicted octanol–water partition coefficient (Wildman–Crippen LogP) is 9.11. The average Bonchev–Trinajstić information content (AvgIpc) is 3.21. The van der Waals surface area contributed by atoms with Crippen LogP contribution in [0.2, 0.25) is 0 Å². The van der Waals surface area contributed by atoms with Crippen LogP contribution < -0.4 is 0 Å². The van der Waals surface area contributed by atoms with Gasteiger partial charge in [-0.1, -0.05) is 83.2 Å². The van der Waals surface area contributed by atoms with Gasteiger partial charge in [-0.05, 0) is 117 Å². The van der Waals surface area contributed by atoms with Crippen LogP contribution in [0.25, 0.3) is 0 Å². The van der Waals surface area contributed by atoms with E-state index in [9.17, 15) is 8.42 Å². The van der Waals surface area contributed by atoms with Gasteiger partial charge in [-0.3, -0.25) is 4.18 Å². The lowest BCUT2D eigenvalue weighted by Gasteiger charge is -2.58. The van der Waals surface area contributed by atoms with E-state index in [1.165, 1.54) is 56.9 Å².